The summed E-state index contributed by atoms with van der Waals surface area (Å²) < 4.78 is -0.323. The summed E-state index contributed by atoms with van der Waals surface area (Å²) in [5.41, 5.74) is 2.69. The van der Waals surface area contributed by atoms with Gasteiger partial charge in [-0.25, -0.2) is 0 Å². The minimum atomic E-state index is -0.323. The van der Waals surface area contributed by atoms with Gasteiger partial charge in [0.2, 0.25) is 0 Å². The topological polar surface area (TPSA) is 0 Å². The monoisotopic (exact) mass is 382 g/mol. The van der Waals surface area contributed by atoms with Crippen molar-refractivity contribution in [3.8, 4) is 0 Å². The van der Waals surface area contributed by atoms with Crippen LogP contribution in [0.3, 0.4) is 0 Å². The summed E-state index contributed by atoms with van der Waals surface area (Å²) in [6.45, 7) is 6.64. The molecule has 14 heavy (non-hydrogen) atoms. The van der Waals surface area contributed by atoms with Crippen LogP contribution >= 0.6 is 47.8 Å². The fraction of sp³-hybridized carbons (Fsp3) is 0.455. The number of benzene rings is 1. The summed E-state index contributed by atoms with van der Waals surface area (Å²) in [5, 5.41) is 0. The Hall–Kier alpha value is 0.660. The highest BCUT2D eigenvalue weighted by atomic mass is 80.0. The largest absolute Gasteiger partial charge is 0.160 e. The van der Waals surface area contributed by atoms with Gasteiger partial charge in [0, 0.05) is 0 Å². The van der Waals surface area contributed by atoms with E-state index in [4.69, 9.17) is 0 Å². The predicted molar refractivity (Wildman–Crippen MR) is 73.6 cm³/mol. The molecule has 0 amide bonds. The maximum Gasteiger partial charge on any atom is 0.160 e. The van der Waals surface area contributed by atoms with Gasteiger partial charge in [-0.2, -0.15) is 0 Å². The quantitative estimate of drug-likeness (QED) is 0.534. The molecule has 0 nitrogen and oxygen atoms in total. The average molecular weight is 385 g/mol. The van der Waals surface area contributed by atoms with Crippen LogP contribution in [0, 0.1) is 0 Å². The van der Waals surface area contributed by atoms with Crippen molar-refractivity contribution < 1.29 is 0 Å². The molecule has 0 atom stereocenters. The van der Waals surface area contributed by atoms with Gasteiger partial charge in [0.25, 0.3) is 0 Å². The minimum absolute atomic E-state index is 0.150. The summed E-state index contributed by atoms with van der Waals surface area (Å²) in [6, 6.07) is 8.39. The highest BCUT2D eigenvalue weighted by Crippen LogP contribution is 2.47. The number of alkyl halides is 3. The number of hydrogen-bond acceptors (Lipinski definition) is 0. The lowest BCUT2D eigenvalue weighted by Crippen LogP contribution is -2.17. The van der Waals surface area contributed by atoms with E-state index in [9.17, 15) is 0 Å². The van der Waals surface area contributed by atoms with Gasteiger partial charge in [0.15, 0.2) is 2.14 Å². The van der Waals surface area contributed by atoms with E-state index in [2.05, 4.69) is 86.8 Å². The Bertz CT molecular complexity index is 285. The third-order valence-electron chi connectivity index (χ3n) is 2.04. The van der Waals surface area contributed by atoms with Crippen LogP contribution in [0.15, 0.2) is 24.3 Å². The molecule has 1 aromatic carbocycles. The van der Waals surface area contributed by atoms with Gasteiger partial charge >= 0.3 is 0 Å². The fourth-order valence-electron chi connectivity index (χ4n) is 1.38. The Morgan fingerprint density at radius 1 is 0.857 bits per heavy atom. The molecule has 0 spiro atoms. The second-order valence-corrected chi connectivity index (χ2v) is 11.1. The zero-order valence-electron chi connectivity index (χ0n) is 8.44. The lowest BCUT2D eigenvalue weighted by atomic mass is 9.84. The number of halogens is 3. The molecule has 0 aliphatic carbocycles. The van der Waals surface area contributed by atoms with Crippen LogP contribution in [0.25, 0.3) is 0 Å². The number of rotatable bonds is 0. The first kappa shape index (κ1) is 12.7. The van der Waals surface area contributed by atoms with E-state index in [0.29, 0.717) is 0 Å². The van der Waals surface area contributed by atoms with Crippen LogP contribution in [0.2, 0.25) is 0 Å². The van der Waals surface area contributed by atoms with E-state index in [0.717, 1.165) is 0 Å². The minimum Gasteiger partial charge on any atom is -0.0620 e. The fourth-order valence-corrected chi connectivity index (χ4v) is 2.42. The summed E-state index contributed by atoms with van der Waals surface area (Å²) in [4.78, 5) is 0. The summed E-state index contributed by atoms with van der Waals surface area (Å²) in [6.07, 6.45) is 0. The van der Waals surface area contributed by atoms with Crippen molar-refractivity contribution in [1.29, 1.82) is 0 Å². The van der Waals surface area contributed by atoms with Gasteiger partial charge in [0.05, 0.1) is 0 Å². The van der Waals surface area contributed by atoms with E-state index >= 15 is 0 Å². The van der Waals surface area contributed by atoms with Gasteiger partial charge in [-0.1, -0.05) is 92.8 Å². The average Bonchev–Trinajstić information content (AvgIpc) is 2.01. The molecular weight excluding hydrogens is 372 g/mol. The Morgan fingerprint density at radius 2 is 1.29 bits per heavy atom. The summed E-state index contributed by atoms with van der Waals surface area (Å²) in [7, 11) is 0. The van der Waals surface area contributed by atoms with E-state index < -0.39 is 0 Å². The molecule has 78 valence electrons. The van der Waals surface area contributed by atoms with Crippen molar-refractivity contribution in [3.05, 3.63) is 35.4 Å². The van der Waals surface area contributed by atoms with Crippen LogP contribution in [0.5, 0.6) is 0 Å². The molecule has 3 heteroatoms. The highest BCUT2D eigenvalue weighted by molar-refractivity contribution is 9.38. The highest BCUT2D eigenvalue weighted by Gasteiger charge is 2.28. The van der Waals surface area contributed by atoms with Crippen molar-refractivity contribution in [3.63, 3.8) is 0 Å². The Labute approximate surface area is 111 Å². The molecular formula is C11H13Br3. The summed E-state index contributed by atoms with van der Waals surface area (Å²) in [5.74, 6) is 0. The van der Waals surface area contributed by atoms with Crippen molar-refractivity contribution in [2.24, 2.45) is 0 Å². The van der Waals surface area contributed by atoms with Crippen molar-refractivity contribution in [2.75, 3.05) is 0 Å². The van der Waals surface area contributed by atoms with Gasteiger partial charge in [-0.3, -0.25) is 0 Å². The SMILES string of the molecule is CC(C)(C)c1ccccc1C(Br)(Br)Br. The van der Waals surface area contributed by atoms with Crippen molar-refractivity contribution >= 4 is 47.8 Å². The smallest absolute Gasteiger partial charge is 0.0620 e. The van der Waals surface area contributed by atoms with Gasteiger partial charge in [-0.15, -0.1) is 0 Å². The molecule has 0 bridgehead atoms. The zero-order valence-corrected chi connectivity index (χ0v) is 13.2. The van der Waals surface area contributed by atoms with Crippen LogP contribution in [-0.2, 0) is 7.56 Å². The lowest BCUT2D eigenvalue weighted by Gasteiger charge is -2.26. The first-order valence-corrected chi connectivity index (χ1v) is 6.77. The van der Waals surface area contributed by atoms with E-state index in [1.54, 1.807) is 0 Å². The molecule has 0 saturated carbocycles. The standard InChI is InChI=1S/C11H13Br3/c1-10(2,3)8-6-4-5-7-9(8)11(12,13)14/h4-7H,1-3H3. The predicted octanol–water partition coefficient (Wildman–Crippen LogP) is 5.28. The summed E-state index contributed by atoms with van der Waals surface area (Å²) >= 11 is 10.7. The second kappa shape index (κ2) is 4.26. The Morgan fingerprint density at radius 3 is 1.57 bits per heavy atom. The Kier molecular flexibility index (Phi) is 3.88. The van der Waals surface area contributed by atoms with Gasteiger partial charge in [-0.05, 0) is 16.5 Å². The van der Waals surface area contributed by atoms with Crippen LogP contribution in [0.1, 0.15) is 31.9 Å². The number of hydrogen-bond donors (Lipinski definition) is 0. The molecule has 0 aliphatic rings. The normalized spacial score (nSPS) is 13.0. The maximum absolute atomic E-state index is 3.56. The van der Waals surface area contributed by atoms with E-state index in [1.165, 1.54) is 11.1 Å². The first-order valence-electron chi connectivity index (χ1n) is 4.39. The van der Waals surface area contributed by atoms with Gasteiger partial charge in [0.1, 0.15) is 0 Å². The molecule has 0 saturated heterocycles. The Balaban J connectivity index is 3.31. The zero-order chi connectivity index (χ0) is 11.0. The molecule has 0 aliphatic heterocycles. The molecule has 0 aromatic heterocycles. The lowest BCUT2D eigenvalue weighted by molar-refractivity contribution is 0.585. The molecule has 1 aromatic rings. The van der Waals surface area contributed by atoms with E-state index in [-0.39, 0.29) is 7.56 Å². The van der Waals surface area contributed by atoms with E-state index in [1.807, 2.05) is 6.07 Å². The third-order valence-corrected chi connectivity index (χ3v) is 3.32. The molecule has 0 unspecified atom stereocenters. The maximum atomic E-state index is 3.56. The molecule has 0 fully saturated rings. The molecule has 0 radical (unpaired) electrons. The third kappa shape index (κ3) is 3.07. The van der Waals surface area contributed by atoms with Crippen LogP contribution in [-0.4, -0.2) is 0 Å². The first-order chi connectivity index (χ1) is 6.23. The van der Waals surface area contributed by atoms with Crippen molar-refractivity contribution in [2.45, 2.75) is 28.3 Å². The van der Waals surface area contributed by atoms with Gasteiger partial charge < -0.3 is 0 Å². The molecule has 1 rings (SSSR count). The van der Waals surface area contributed by atoms with Crippen molar-refractivity contribution in [1.82, 2.24) is 0 Å². The molecule has 0 heterocycles. The molecule has 0 N–H and O–H groups in total. The van der Waals surface area contributed by atoms with Crippen LogP contribution < -0.4 is 0 Å². The second-order valence-electron chi connectivity index (χ2n) is 4.29. The van der Waals surface area contributed by atoms with Crippen LogP contribution in [0.4, 0.5) is 0 Å².